The summed E-state index contributed by atoms with van der Waals surface area (Å²) in [5, 5.41) is 2.97. The van der Waals surface area contributed by atoms with Crippen LogP contribution in [0.2, 0.25) is 0 Å². The van der Waals surface area contributed by atoms with Crippen molar-refractivity contribution in [1.29, 1.82) is 0 Å². The molecule has 3 rings (SSSR count). The minimum Gasteiger partial charge on any atom is -0.483 e. The smallest absolute Gasteiger partial charge is 0.337 e. The SMILES string of the molecule is COC(=O)c1ccc(OCC(=O)NC(c2ccccc2)c2nccn2C)c(Br)c1. The molecule has 1 heterocycles. The van der Waals surface area contributed by atoms with Gasteiger partial charge in [0, 0.05) is 19.4 Å². The Balaban J connectivity index is 1.70. The topological polar surface area (TPSA) is 82.4 Å². The molecule has 0 spiro atoms. The number of imidazole rings is 1. The summed E-state index contributed by atoms with van der Waals surface area (Å²) in [4.78, 5) is 28.5. The zero-order valence-electron chi connectivity index (χ0n) is 16.0. The fraction of sp³-hybridized carbons (Fsp3) is 0.190. The van der Waals surface area contributed by atoms with E-state index in [0.29, 0.717) is 21.6 Å². The van der Waals surface area contributed by atoms with Crippen molar-refractivity contribution in [3.8, 4) is 5.75 Å². The highest BCUT2D eigenvalue weighted by molar-refractivity contribution is 9.10. The van der Waals surface area contributed by atoms with Gasteiger partial charge in [-0.05, 0) is 39.7 Å². The summed E-state index contributed by atoms with van der Waals surface area (Å²) in [6.07, 6.45) is 3.52. The Kier molecular flexibility index (Phi) is 6.66. The second kappa shape index (κ2) is 9.38. The summed E-state index contributed by atoms with van der Waals surface area (Å²) in [5.41, 5.74) is 1.30. The third kappa shape index (κ3) is 5.03. The number of rotatable bonds is 7. The predicted octanol–water partition coefficient (Wildman–Crippen LogP) is 3.25. The van der Waals surface area contributed by atoms with E-state index >= 15 is 0 Å². The summed E-state index contributed by atoms with van der Waals surface area (Å²) in [5.74, 6) is 0.413. The quantitative estimate of drug-likeness (QED) is 0.550. The van der Waals surface area contributed by atoms with Gasteiger partial charge in [0.15, 0.2) is 6.61 Å². The van der Waals surface area contributed by atoms with Gasteiger partial charge in [-0.15, -0.1) is 0 Å². The van der Waals surface area contributed by atoms with Gasteiger partial charge in [-0.25, -0.2) is 9.78 Å². The van der Waals surface area contributed by atoms with Gasteiger partial charge in [-0.3, -0.25) is 4.79 Å². The van der Waals surface area contributed by atoms with Crippen LogP contribution in [0.25, 0.3) is 0 Å². The number of carbonyl (C=O) groups is 2. The molecule has 1 amide bonds. The van der Waals surface area contributed by atoms with Crippen molar-refractivity contribution in [1.82, 2.24) is 14.9 Å². The third-order valence-corrected chi connectivity index (χ3v) is 4.89. The number of halogens is 1. The highest BCUT2D eigenvalue weighted by Gasteiger charge is 2.21. The number of benzene rings is 2. The van der Waals surface area contributed by atoms with Crippen molar-refractivity contribution in [2.24, 2.45) is 7.05 Å². The largest absolute Gasteiger partial charge is 0.483 e. The molecule has 7 nitrogen and oxygen atoms in total. The number of aryl methyl sites for hydroxylation is 1. The average Bonchev–Trinajstić information content (AvgIpc) is 3.16. The lowest BCUT2D eigenvalue weighted by atomic mass is 10.1. The lowest BCUT2D eigenvalue weighted by Gasteiger charge is -2.19. The summed E-state index contributed by atoms with van der Waals surface area (Å²) in [6.45, 7) is -0.191. The number of nitrogens with one attached hydrogen (secondary N) is 1. The fourth-order valence-corrected chi connectivity index (χ4v) is 3.30. The number of ether oxygens (including phenoxy) is 2. The monoisotopic (exact) mass is 457 g/mol. The zero-order chi connectivity index (χ0) is 20.8. The number of aromatic nitrogens is 2. The highest BCUT2D eigenvalue weighted by atomic mass is 79.9. The lowest BCUT2D eigenvalue weighted by molar-refractivity contribution is -0.123. The third-order valence-electron chi connectivity index (χ3n) is 4.27. The maximum absolute atomic E-state index is 12.6. The maximum atomic E-state index is 12.6. The molecule has 0 aliphatic carbocycles. The molecular formula is C21H20BrN3O4. The van der Waals surface area contributed by atoms with Gasteiger partial charge in [0.1, 0.15) is 17.6 Å². The first-order valence-corrected chi connectivity index (χ1v) is 9.61. The molecule has 0 bridgehead atoms. The second-order valence-electron chi connectivity index (χ2n) is 6.23. The number of carbonyl (C=O) groups excluding carboxylic acids is 2. The van der Waals surface area contributed by atoms with Crippen LogP contribution in [0.5, 0.6) is 5.75 Å². The van der Waals surface area contributed by atoms with Gasteiger partial charge < -0.3 is 19.4 Å². The molecule has 0 saturated heterocycles. The van der Waals surface area contributed by atoms with Gasteiger partial charge in [0.05, 0.1) is 17.1 Å². The van der Waals surface area contributed by atoms with E-state index in [1.807, 2.05) is 48.1 Å². The molecule has 0 aliphatic heterocycles. The molecule has 29 heavy (non-hydrogen) atoms. The van der Waals surface area contributed by atoms with E-state index in [2.05, 4.69) is 31.0 Å². The zero-order valence-corrected chi connectivity index (χ0v) is 17.5. The first kappa shape index (κ1) is 20.6. The Labute approximate surface area is 176 Å². The Hall–Kier alpha value is -3.13. The summed E-state index contributed by atoms with van der Waals surface area (Å²) in [6, 6.07) is 14.0. The Morgan fingerprint density at radius 1 is 1.21 bits per heavy atom. The van der Waals surface area contributed by atoms with E-state index in [1.165, 1.54) is 7.11 Å². The minimum atomic E-state index is -0.448. The van der Waals surface area contributed by atoms with Crippen LogP contribution in [0.15, 0.2) is 65.4 Å². The van der Waals surface area contributed by atoms with Gasteiger partial charge in [0.25, 0.3) is 5.91 Å². The Morgan fingerprint density at radius 3 is 2.59 bits per heavy atom. The predicted molar refractivity (Wildman–Crippen MR) is 111 cm³/mol. The van der Waals surface area contributed by atoms with Gasteiger partial charge in [0.2, 0.25) is 0 Å². The second-order valence-corrected chi connectivity index (χ2v) is 7.09. The van der Waals surface area contributed by atoms with Gasteiger partial charge in [-0.1, -0.05) is 30.3 Å². The Bertz CT molecular complexity index is 1000. The average molecular weight is 458 g/mol. The first-order valence-electron chi connectivity index (χ1n) is 8.81. The molecule has 2 aromatic carbocycles. The molecule has 0 radical (unpaired) electrons. The van der Waals surface area contributed by atoms with Crippen LogP contribution >= 0.6 is 15.9 Å². The van der Waals surface area contributed by atoms with Crippen molar-refractivity contribution in [2.45, 2.75) is 6.04 Å². The van der Waals surface area contributed by atoms with Crippen molar-refractivity contribution < 1.29 is 19.1 Å². The van der Waals surface area contributed by atoms with Crippen LogP contribution in [-0.2, 0) is 16.6 Å². The van der Waals surface area contributed by atoms with E-state index < -0.39 is 12.0 Å². The molecule has 1 aromatic heterocycles. The van der Waals surface area contributed by atoms with Crippen LogP contribution in [-0.4, -0.2) is 35.1 Å². The molecule has 0 fully saturated rings. The number of esters is 1. The molecule has 1 N–H and O–H groups in total. The fourth-order valence-electron chi connectivity index (χ4n) is 2.81. The standard InChI is InChI=1S/C21H20BrN3O4/c1-25-11-10-23-20(25)19(14-6-4-3-5-7-14)24-18(26)13-29-17-9-8-15(12-16(17)22)21(27)28-2/h3-12,19H,13H2,1-2H3,(H,24,26). The number of methoxy groups -OCH3 is 1. The molecule has 0 aliphatic rings. The number of hydrogen-bond donors (Lipinski definition) is 1. The van der Waals surface area contributed by atoms with Crippen LogP contribution in [0.4, 0.5) is 0 Å². The van der Waals surface area contributed by atoms with Crippen molar-refractivity contribution in [3.63, 3.8) is 0 Å². The van der Waals surface area contributed by atoms with Crippen LogP contribution < -0.4 is 10.1 Å². The minimum absolute atomic E-state index is 0.191. The van der Waals surface area contributed by atoms with Gasteiger partial charge >= 0.3 is 5.97 Å². The lowest BCUT2D eigenvalue weighted by Crippen LogP contribution is -2.34. The van der Waals surface area contributed by atoms with E-state index in [-0.39, 0.29) is 12.5 Å². The molecule has 0 saturated carbocycles. The number of nitrogens with zero attached hydrogens (tertiary/aromatic N) is 2. The van der Waals surface area contributed by atoms with E-state index in [9.17, 15) is 9.59 Å². The van der Waals surface area contributed by atoms with E-state index in [1.54, 1.807) is 24.4 Å². The molecular weight excluding hydrogens is 438 g/mol. The normalized spacial score (nSPS) is 11.6. The molecule has 3 aromatic rings. The van der Waals surface area contributed by atoms with Crippen LogP contribution in [0, 0.1) is 0 Å². The van der Waals surface area contributed by atoms with Crippen molar-refractivity contribution >= 4 is 27.8 Å². The van der Waals surface area contributed by atoms with Crippen molar-refractivity contribution in [3.05, 3.63) is 82.3 Å². The van der Waals surface area contributed by atoms with E-state index in [4.69, 9.17) is 4.74 Å². The summed E-state index contributed by atoms with van der Waals surface area (Å²) in [7, 11) is 3.19. The molecule has 150 valence electrons. The van der Waals surface area contributed by atoms with Gasteiger partial charge in [-0.2, -0.15) is 0 Å². The van der Waals surface area contributed by atoms with Crippen LogP contribution in [0.1, 0.15) is 27.8 Å². The van der Waals surface area contributed by atoms with Crippen LogP contribution in [0.3, 0.4) is 0 Å². The Morgan fingerprint density at radius 2 is 1.97 bits per heavy atom. The molecule has 8 heteroatoms. The maximum Gasteiger partial charge on any atom is 0.337 e. The number of amides is 1. The van der Waals surface area contributed by atoms with E-state index in [0.717, 1.165) is 5.56 Å². The number of hydrogen-bond acceptors (Lipinski definition) is 5. The molecule has 1 atom stereocenters. The summed E-state index contributed by atoms with van der Waals surface area (Å²) < 4.78 is 12.7. The summed E-state index contributed by atoms with van der Waals surface area (Å²) >= 11 is 3.35. The highest BCUT2D eigenvalue weighted by Crippen LogP contribution is 2.26. The molecule has 1 unspecified atom stereocenters. The first-order chi connectivity index (χ1) is 14.0. The van der Waals surface area contributed by atoms with Crippen molar-refractivity contribution in [2.75, 3.05) is 13.7 Å².